The van der Waals surface area contributed by atoms with Gasteiger partial charge in [-0.25, -0.2) is 4.67 Å². The molecule has 0 unspecified atom stereocenters. The molecule has 0 saturated carbocycles. The molecular weight excluding hydrogens is 310 g/mol. The number of nitrogens with one attached hydrogen (secondary N) is 1. The van der Waals surface area contributed by atoms with Crippen LogP contribution in [-0.2, 0) is 15.7 Å². The number of benzene rings is 1. The van der Waals surface area contributed by atoms with Crippen molar-refractivity contribution in [1.82, 2.24) is 9.92 Å². The lowest BCUT2D eigenvalue weighted by molar-refractivity contribution is 0.166. The van der Waals surface area contributed by atoms with Gasteiger partial charge in [-0.15, -0.1) is 28.5 Å². The van der Waals surface area contributed by atoms with E-state index in [4.69, 9.17) is 32.9 Å². The van der Waals surface area contributed by atoms with Gasteiger partial charge in [-0.05, 0) is 5.56 Å². The molecule has 0 fully saturated rings. The van der Waals surface area contributed by atoms with Gasteiger partial charge in [-0.1, -0.05) is 30.3 Å². The standard InChI is InChI=1S/C11H17Cl2N2O3P/c12-6-8-15(9-7-13)19(17,14-16)18-10-11-4-2-1-3-5-11/h1-5,16H,6-10H2,(H,14,17)/t19-/m1/s1. The summed E-state index contributed by atoms with van der Waals surface area (Å²) >= 11 is 11.3. The zero-order chi connectivity index (χ0) is 14.1. The molecule has 0 aromatic heterocycles. The molecule has 0 saturated heterocycles. The largest absolute Gasteiger partial charge is 0.366 e. The Balaban J connectivity index is 2.70. The highest BCUT2D eigenvalue weighted by molar-refractivity contribution is 7.54. The Morgan fingerprint density at radius 2 is 1.79 bits per heavy atom. The summed E-state index contributed by atoms with van der Waals surface area (Å²) in [6, 6.07) is 9.27. The summed E-state index contributed by atoms with van der Waals surface area (Å²) in [7, 11) is -3.54. The zero-order valence-electron chi connectivity index (χ0n) is 10.3. The van der Waals surface area contributed by atoms with Crippen molar-refractivity contribution in [2.24, 2.45) is 0 Å². The molecule has 0 aliphatic rings. The van der Waals surface area contributed by atoms with Crippen LogP contribution in [-0.4, -0.2) is 34.7 Å². The predicted molar refractivity (Wildman–Crippen MR) is 76.8 cm³/mol. The highest BCUT2D eigenvalue weighted by atomic mass is 35.5. The quantitative estimate of drug-likeness (QED) is 0.415. The summed E-state index contributed by atoms with van der Waals surface area (Å²) in [4.78, 5) is 0. The molecule has 1 rings (SSSR count). The summed E-state index contributed by atoms with van der Waals surface area (Å²) in [5.74, 6) is 0.522. The van der Waals surface area contributed by atoms with Crippen LogP contribution in [0.5, 0.6) is 0 Å². The molecule has 0 amide bonds. The van der Waals surface area contributed by atoms with Crippen molar-refractivity contribution in [2.75, 3.05) is 24.8 Å². The van der Waals surface area contributed by atoms with Gasteiger partial charge in [0.2, 0.25) is 0 Å². The van der Waals surface area contributed by atoms with Gasteiger partial charge in [0.1, 0.15) is 0 Å². The molecule has 0 heterocycles. The average molecular weight is 327 g/mol. The van der Waals surface area contributed by atoms with Crippen molar-refractivity contribution in [2.45, 2.75) is 6.61 Å². The molecule has 0 spiro atoms. The third-order valence-corrected chi connectivity index (χ3v) is 4.65. The Morgan fingerprint density at radius 3 is 2.26 bits per heavy atom. The van der Waals surface area contributed by atoms with E-state index in [9.17, 15) is 4.57 Å². The number of hydrogen-bond donors (Lipinski definition) is 2. The van der Waals surface area contributed by atoms with E-state index in [-0.39, 0.29) is 18.4 Å². The lowest BCUT2D eigenvalue weighted by atomic mass is 10.2. The summed E-state index contributed by atoms with van der Waals surface area (Å²) < 4.78 is 19.2. The van der Waals surface area contributed by atoms with Crippen LogP contribution in [0.2, 0.25) is 0 Å². The van der Waals surface area contributed by atoms with E-state index in [0.29, 0.717) is 13.1 Å². The van der Waals surface area contributed by atoms with Crippen molar-refractivity contribution in [3.05, 3.63) is 35.9 Å². The van der Waals surface area contributed by atoms with Gasteiger partial charge in [0.15, 0.2) is 0 Å². The van der Waals surface area contributed by atoms with Crippen LogP contribution in [0, 0.1) is 0 Å². The molecule has 1 aromatic carbocycles. The normalized spacial score (nSPS) is 14.5. The van der Waals surface area contributed by atoms with Crippen LogP contribution >= 0.6 is 30.9 Å². The fraction of sp³-hybridized carbons (Fsp3) is 0.455. The first-order valence-corrected chi connectivity index (χ1v) is 8.38. The first kappa shape index (κ1) is 16.9. The highest BCUT2D eigenvalue weighted by Crippen LogP contribution is 2.46. The SMILES string of the molecule is O=[P@](NO)(OCc1ccccc1)N(CCCl)CCCl. The van der Waals surface area contributed by atoms with Crippen LogP contribution in [0.4, 0.5) is 0 Å². The summed E-state index contributed by atoms with van der Waals surface area (Å²) in [5, 5.41) is 10.9. The van der Waals surface area contributed by atoms with Crippen LogP contribution in [0.15, 0.2) is 30.3 Å². The van der Waals surface area contributed by atoms with Crippen LogP contribution < -0.4 is 5.25 Å². The minimum absolute atomic E-state index is 0.118. The van der Waals surface area contributed by atoms with Gasteiger partial charge in [-0.3, -0.25) is 9.09 Å². The van der Waals surface area contributed by atoms with Crippen molar-refractivity contribution < 1.29 is 14.3 Å². The molecule has 2 N–H and O–H groups in total. The topological polar surface area (TPSA) is 61.8 Å². The second-order valence-corrected chi connectivity index (χ2v) is 6.53. The van der Waals surface area contributed by atoms with Crippen LogP contribution in [0.3, 0.4) is 0 Å². The van der Waals surface area contributed by atoms with Crippen molar-refractivity contribution in [3.63, 3.8) is 0 Å². The van der Waals surface area contributed by atoms with Crippen LogP contribution in [0.25, 0.3) is 0 Å². The maximum Gasteiger partial charge on any atom is 0.366 e. The Hall–Kier alpha value is -0.130. The van der Waals surface area contributed by atoms with Gasteiger partial charge >= 0.3 is 7.67 Å². The van der Waals surface area contributed by atoms with Gasteiger partial charge in [0.25, 0.3) is 0 Å². The molecule has 0 radical (unpaired) electrons. The van der Waals surface area contributed by atoms with Gasteiger partial charge in [-0.2, -0.15) is 0 Å². The monoisotopic (exact) mass is 326 g/mol. The van der Waals surface area contributed by atoms with Gasteiger partial charge in [0, 0.05) is 24.8 Å². The molecular formula is C11H17Cl2N2O3P. The van der Waals surface area contributed by atoms with E-state index in [1.54, 1.807) is 5.25 Å². The smallest absolute Gasteiger partial charge is 0.307 e. The average Bonchev–Trinajstić information content (AvgIpc) is 2.46. The van der Waals surface area contributed by atoms with Crippen molar-refractivity contribution in [1.29, 1.82) is 0 Å². The molecule has 1 atom stereocenters. The van der Waals surface area contributed by atoms with Crippen molar-refractivity contribution >= 4 is 30.9 Å². The number of rotatable bonds is 9. The minimum Gasteiger partial charge on any atom is -0.307 e. The van der Waals surface area contributed by atoms with Gasteiger partial charge < -0.3 is 5.21 Å². The first-order valence-electron chi connectivity index (χ1n) is 5.73. The first-order chi connectivity index (χ1) is 9.16. The Morgan fingerprint density at radius 1 is 1.21 bits per heavy atom. The van der Waals surface area contributed by atoms with Crippen molar-refractivity contribution in [3.8, 4) is 0 Å². The Bertz CT molecular complexity index is 402. The number of hydrogen-bond acceptors (Lipinski definition) is 3. The second kappa shape index (κ2) is 8.93. The lowest BCUT2D eigenvalue weighted by Gasteiger charge is -2.28. The Kier molecular flexibility index (Phi) is 7.95. The second-order valence-electron chi connectivity index (χ2n) is 3.71. The van der Waals surface area contributed by atoms with Crippen LogP contribution in [0.1, 0.15) is 5.56 Å². The number of halogens is 2. The maximum absolute atomic E-state index is 12.5. The molecule has 8 heteroatoms. The Labute approximate surface area is 123 Å². The fourth-order valence-corrected chi connectivity index (χ4v) is 3.52. The van der Waals surface area contributed by atoms with E-state index in [1.807, 2.05) is 30.3 Å². The molecule has 0 aliphatic heterocycles. The van der Waals surface area contributed by atoms with E-state index in [2.05, 4.69) is 0 Å². The van der Waals surface area contributed by atoms with Gasteiger partial charge in [0.05, 0.1) is 6.61 Å². The molecule has 0 bridgehead atoms. The number of alkyl halides is 2. The predicted octanol–water partition coefficient (Wildman–Crippen LogP) is 3.07. The summed E-state index contributed by atoms with van der Waals surface area (Å²) in [6.07, 6.45) is 0. The fourth-order valence-electron chi connectivity index (χ4n) is 1.48. The molecule has 108 valence electrons. The molecule has 19 heavy (non-hydrogen) atoms. The third-order valence-electron chi connectivity index (χ3n) is 2.43. The van der Waals surface area contributed by atoms with E-state index in [1.165, 1.54) is 4.67 Å². The zero-order valence-corrected chi connectivity index (χ0v) is 12.7. The third kappa shape index (κ3) is 5.40. The molecule has 5 nitrogen and oxygen atoms in total. The maximum atomic E-state index is 12.5. The number of nitrogens with zero attached hydrogens (tertiary/aromatic N) is 1. The lowest BCUT2D eigenvalue weighted by Crippen LogP contribution is -2.31. The van der Waals surface area contributed by atoms with E-state index >= 15 is 0 Å². The minimum atomic E-state index is -3.54. The van der Waals surface area contributed by atoms with E-state index in [0.717, 1.165) is 5.56 Å². The summed E-state index contributed by atoms with van der Waals surface area (Å²) in [5.41, 5.74) is 0.856. The molecule has 0 aliphatic carbocycles. The summed E-state index contributed by atoms with van der Waals surface area (Å²) in [6.45, 7) is 0.717. The van der Waals surface area contributed by atoms with E-state index < -0.39 is 7.67 Å². The molecule has 1 aromatic rings. The highest BCUT2D eigenvalue weighted by Gasteiger charge is 2.30.